The van der Waals surface area contributed by atoms with Gasteiger partial charge in [0.25, 0.3) is 0 Å². The highest BCUT2D eigenvalue weighted by Gasteiger charge is 2.09. The number of nitrogens with one attached hydrogen (secondary N) is 2. The van der Waals surface area contributed by atoms with Gasteiger partial charge in [0.1, 0.15) is 0 Å². The van der Waals surface area contributed by atoms with E-state index in [9.17, 15) is 9.59 Å². The van der Waals surface area contributed by atoms with Gasteiger partial charge < -0.3 is 15.4 Å². The Bertz CT molecular complexity index is 305. The van der Waals surface area contributed by atoms with Crippen molar-refractivity contribution in [1.29, 1.82) is 0 Å². The Balaban J connectivity index is 0.000000593. The molecule has 0 aromatic heterocycles. The number of carbonyl (C=O) groups excluding carboxylic acids is 2. The molecule has 1 saturated carbocycles. The molecule has 1 aliphatic carbocycles. The van der Waals surface area contributed by atoms with Crippen LogP contribution in [0.15, 0.2) is 0 Å². The molecule has 0 heterocycles. The van der Waals surface area contributed by atoms with Gasteiger partial charge in [-0.1, -0.05) is 64.7 Å². The second-order valence-corrected chi connectivity index (χ2v) is 6.73. The van der Waals surface area contributed by atoms with Crippen LogP contribution in [0.25, 0.3) is 0 Å². The summed E-state index contributed by atoms with van der Waals surface area (Å²) in [4.78, 5) is 20.9. The second kappa shape index (κ2) is 19.2. The molecule has 0 atom stereocenters. The minimum Gasteiger partial charge on any atom is -0.465 e. The third-order valence-corrected chi connectivity index (χ3v) is 4.63. The third-order valence-electron chi connectivity index (χ3n) is 4.63. The van der Waals surface area contributed by atoms with E-state index in [2.05, 4.69) is 17.6 Å². The Morgan fingerprint density at radius 2 is 1.64 bits per heavy atom. The van der Waals surface area contributed by atoms with E-state index in [0.29, 0.717) is 13.2 Å². The summed E-state index contributed by atoms with van der Waals surface area (Å²) in [7, 11) is 0. The number of unbranched alkanes of at least 4 members (excludes halogenated alkanes) is 4. The van der Waals surface area contributed by atoms with Gasteiger partial charge in [0.05, 0.1) is 13.2 Å². The molecule has 148 valence electrons. The summed E-state index contributed by atoms with van der Waals surface area (Å²) in [6.45, 7) is 6.48. The molecule has 25 heavy (non-hydrogen) atoms. The maximum atomic E-state index is 11.0. The highest BCUT2D eigenvalue weighted by Crippen LogP contribution is 2.25. The Hall–Kier alpha value is -1.10. The third kappa shape index (κ3) is 17.5. The standard InChI is InChI=1S/C12H24N2O3.C8H16/c1-2-17-12(16)10-13-8-6-4-3-5-7-9-14-11-15;1-2-8-6-4-3-5-7-8/h11,13H,2-10H2,1H3,(H,14,15);8H,2-7H2,1H3. The molecule has 0 spiro atoms. The van der Waals surface area contributed by atoms with Crippen LogP contribution in [0.1, 0.15) is 84.5 Å². The maximum absolute atomic E-state index is 11.0. The molecule has 0 radical (unpaired) electrons. The number of carbonyl (C=O) groups is 2. The summed E-state index contributed by atoms with van der Waals surface area (Å²) in [6.07, 6.45) is 15.2. The molecule has 0 saturated heterocycles. The van der Waals surface area contributed by atoms with Gasteiger partial charge >= 0.3 is 5.97 Å². The van der Waals surface area contributed by atoms with Crippen LogP contribution in [0.3, 0.4) is 0 Å². The van der Waals surface area contributed by atoms with Gasteiger partial charge in [0.2, 0.25) is 6.41 Å². The lowest BCUT2D eigenvalue weighted by molar-refractivity contribution is -0.142. The van der Waals surface area contributed by atoms with Crippen LogP contribution < -0.4 is 10.6 Å². The maximum Gasteiger partial charge on any atom is 0.319 e. The fourth-order valence-corrected chi connectivity index (χ4v) is 3.06. The molecule has 0 aromatic carbocycles. The molecule has 1 rings (SSSR count). The lowest BCUT2D eigenvalue weighted by Crippen LogP contribution is -2.25. The van der Waals surface area contributed by atoms with Crippen LogP contribution in [0.5, 0.6) is 0 Å². The van der Waals surface area contributed by atoms with E-state index in [1.165, 1.54) is 44.9 Å². The first-order valence-electron chi connectivity index (χ1n) is 10.3. The van der Waals surface area contributed by atoms with Crippen LogP contribution >= 0.6 is 0 Å². The average Bonchev–Trinajstić information content (AvgIpc) is 2.65. The van der Waals surface area contributed by atoms with Crippen LogP contribution in [-0.2, 0) is 14.3 Å². The minimum atomic E-state index is -0.188. The van der Waals surface area contributed by atoms with Gasteiger partial charge in [0, 0.05) is 6.54 Å². The quantitative estimate of drug-likeness (QED) is 0.299. The molecule has 0 aliphatic heterocycles. The Morgan fingerprint density at radius 3 is 2.20 bits per heavy atom. The van der Waals surface area contributed by atoms with Crippen LogP contribution in [0, 0.1) is 5.92 Å². The van der Waals surface area contributed by atoms with Crippen LogP contribution in [0.4, 0.5) is 0 Å². The number of hydrogen-bond donors (Lipinski definition) is 2. The summed E-state index contributed by atoms with van der Waals surface area (Å²) in [5, 5.41) is 5.69. The first-order chi connectivity index (χ1) is 12.2. The Morgan fingerprint density at radius 1 is 1.00 bits per heavy atom. The highest BCUT2D eigenvalue weighted by molar-refractivity contribution is 5.71. The molecule has 2 N–H and O–H groups in total. The van der Waals surface area contributed by atoms with Gasteiger partial charge in [-0.3, -0.25) is 9.59 Å². The second-order valence-electron chi connectivity index (χ2n) is 6.73. The zero-order chi connectivity index (χ0) is 18.6. The summed E-state index contributed by atoms with van der Waals surface area (Å²) >= 11 is 0. The number of ether oxygens (including phenoxy) is 1. The largest absolute Gasteiger partial charge is 0.465 e. The van der Waals surface area contributed by atoms with Crippen molar-refractivity contribution in [3.05, 3.63) is 0 Å². The fraction of sp³-hybridized carbons (Fsp3) is 0.900. The van der Waals surface area contributed by atoms with Crippen molar-refractivity contribution in [2.24, 2.45) is 5.92 Å². The van der Waals surface area contributed by atoms with Gasteiger partial charge in [0.15, 0.2) is 0 Å². The number of rotatable bonds is 13. The van der Waals surface area contributed by atoms with E-state index < -0.39 is 0 Å². The van der Waals surface area contributed by atoms with Crippen molar-refractivity contribution in [1.82, 2.24) is 10.6 Å². The van der Waals surface area contributed by atoms with Crippen molar-refractivity contribution in [3.8, 4) is 0 Å². The fourth-order valence-electron chi connectivity index (χ4n) is 3.06. The minimum absolute atomic E-state index is 0.188. The molecular weight excluding hydrogens is 316 g/mol. The zero-order valence-electron chi connectivity index (χ0n) is 16.5. The van der Waals surface area contributed by atoms with Crippen molar-refractivity contribution in [2.45, 2.75) is 84.5 Å². The Kier molecular flexibility index (Phi) is 18.4. The predicted octanol–water partition coefficient (Wildman–Crippen LogP) is 3.81. The molecular formula is C20H40N2O3. The first kappa shape index (κ1) is 23.9. The van der Waals surface area contributed by atoms with E-state index in [1.807, 2.05) is 0 Å². The van der Waals surface area contributed by atoms with Gasteiger partial charge in [-0.2, -0.15) is 0 Å². The number of hydrogen-bond acceptors (Lipinski definition) is 4. The van der Waals surface area contributed by atoms with Crippen molar-refractivity contribution >= 4 is 12.4 Å². The molecule has 0 bridgehead atoms. The van der Waals surface area contributed by atoms with E-state index in [0.717, 1.165) is 51.1 Å². The van der Waals surface area contributed by atoms with E-state index in [1.54, 1.807) is 6.92 Å². The highest BCUT2D eigenvalue weighted by atomic mass is 16.5. The number of esters is 1. The summed E-state index contributed by atoms with van der Waals surface area (Å²) in [5.41, 5.74) is 0. The van der Waals surface area contributed by atoms with E-state index in [-0.39, 0.29) is 5.97 Å². The molecule has 5 nitrogen and oxygen atoms in total. The van der Waals surface area contributed by atoms with Gasteiger partial charge in [-0.25, -0.2) is 0 Å². The molecule has 1 amide bonds. The first-order valence-corrected chi connectivity index (χ1v) is 10.3. The molecule has 0 unspecified atom stereocenters. The molecule has 0 aromatic rings. The summed E-state index contributed by atoms with van der Waals surface area (Å²) in [6, 6.07) is 0. The van der Waals surface area contributed by atoms with E-state index in [4.69, 9.17) is 4.74 Å². The number of amides is 1. The molecule has 1 fully saturated rings. The normalized spacial score (nSPS) is 14.3. The smallest absolute Gasteiger partial charge is 0.319 e. The summed E-state index contributed by atoms with van der Waals surface area (Å²) in [5.74, 6) is 0.899. The SMILES string of the molecule is CCC1CCCCC1.CCOC(=O)CNCCCCCCCNC=O. The van der Waals surface area contributed by atoms with Gasteiger partial charge in [-0.15, -0.1) is 0 Å². The zero-order valence-corrected chi connectivity index (χ0v) is 16.5. The topological polar surface area (TPSA) is 67.4 Å². The van der Waals surface area contributed by atoms with Gasteiger partial charge in [-0.05, 0) is 32.2 Å². The lowest BCUT2D eigenvalue weighted by Gasteiger charge is -2.18. The van der Waals surface area contributed by atoms with Crippen molar-refractivity contribution in [3.63, 3.8) is 0 Å². The van der Waals surface area contributed by atoms with Crippen molar-refractivity contribution in [2.75, 3.05) is 26.2 Å². The predicted molar refractivity (Wildman–Crippen MR) is 104 cm³/mol. The summed E-state index contributed by atoms with van der Waals surface area (Å²) < 4.78 is 4.79. The van der Waals surface area contributed by atoms with Crippen molar-refractivity contribution < 1.29 is 14.3 Å². The Labute approximate surface area is 154 Å². The van der Waals surface area contributed by atoms with Crippen LogP contribution in [0.2, 0.25) is 0 Å². The lowest BCUT2D eigenvalue weighted by atomic mass is 9.88. The monoisotopic (exact) mass is 356 g/mol. The molecule has 5 heteroatoms. The average molecular weight is 357 g/mol. The van der Waals surface area contributed by atoms with Crippen LogP contribution in [-0.4, -0.2) is 38.6 Å². The molecule has 1 aliphatic rings. The van der Waals surface area contributed by atoms with E-state index >= 15 is 0 Å².